The fourth-order valence-corrected chi connectivity index (χ4v) is 1.64. The van der Waals surface area contributed by atoms with Gasteiger partial charge in [-0.25, -0.2) is 0 Å². The predicted octanol–water partition coefficient (Wildman–Crippen LogP) is 2.58. The molecular weight excluding hydrogens is 248 g/mol. The molecule has 0 saturated heterocycles. The first kappa shape index (κ1) is 16.9. The van der Waals surface area contributed by atoms with Gasteiger partial charge < -0.3 is 11.1 Å². The molecule has 3 N–H and O–H groups in total. The lowest BCUT2D eigenvalue weighted by atomic mass is 10.0. The zero-order chi connectivity index (χ0) is 12.8. The lowest BCUT2D eigenvalue weighted by Crippen LogP contribution is -2.35. The molecule has 0 fully saturated rings. The maximum Gasteiger partial charge on any atom is 0.224 e. The van der Waals surface area contributed by atoms with Gasteiger partial charge in [-0.1, -0.05) is 43.7 Å². The Hall–Kier alpha value is -1.06. The van der Waals surface area contributed by atoms with Crippen molar-refractivity contribution in [3.63, 3.8) is 0 Å². The molecule has 0 saturated carbocycles. The first-order chi connectivity index (χ1) is 8.08. The second-order valence-electron chi connectivity index (χ2n) is 4.52. The van der Waals surface area contributed by atoms with E-state index in [1.54, 1.807) is 0 Å². The van der Waals surface area contributed by atoms with Crippen LogP contribution in [-0.4, -0.2) is 12.5 Å². The van der Waals surface area contributed by atoms with E-state index in [9.17, 15) is 4.79 Å². The van der Waals surface area contributed by atoms with E-state index in [4.69, 9.17) is 5.73 Å². The van der Waals surface area contributed by atoms with Crippen LogP contribution in [0.15, 0.2) is 24.3 Å². The highest BCUT2D eigenvalue weighted by Crippen LogP contribution is 2.17. The number of carbonyl (C=O) groups is 1. The van der Waals surface area contributed by atoms with Gasteiger partial charge in [0.2, 0.25) is 5.91 Å². The summed E-state index contributed by atoms with van der Waals surface area (Å²) in [5, 5.41) is 3.03. The lowest BCUT2D eigenvalue weighted by molar-refractivity contribution is -0.125. The second kappa shape index (κ2) is 8.11. The largest absolute Gasteiger partial charge is 0.349 e. The molecule has 1 amide bonds. The highest BCUT2D eigenvalue weighted by Gasteiger charge is 2.16. The van der Waals surface area contributed by atoms with Crippen molar-refractivity contribution in [3.05, 3.63) is 35.4 Å². The van der Waals surface area contributed by atoms with E-state index < -0.39 is 0 Å². The van der Waals surface area contributed by atoms with Crippen molar-refractivity contribution in [1.82, 2.24) is 5.32 Å². The van der Waals surface area contributed by atoms with Crippen LogP contribution in [0.5, 0.6) is 0 Å². The number of nitrogens with one attached hydrogen (secondary N) is 1. The molecule has 2 unspecified atom stereocenters. The van der Waals surface area contributed by atoms with E-state index in [0.717, 1.165) is 12.0 Å². The lowest BCUT2D eigenvalue weighted by Gasteiger charge is -2.19. The maximum absolute atomic E-state index is 11.8. The highest BCUT2D eigenvalue weighted by molar-refractivity contribution is 5.85. The number of benzene rings is 1. The van der Waals surface area contributed by atoms with E-state index in [0.29, 0.717) is 6.54 Å². The molecule has 4 heteroatoms. The van der Waals surface area contributed by atoms with Crippen LogP contribution < -0.4 is 11.1 Å². The summed E-state index contributed by atoms with van der Waals surface area (Å²) in [6.45, 7) is 6.35. The Bertz CT molecular complexity index is 365. The molecule has 102 valence electrons. The molecule has 0 spiro atoms. The Balaban J connectivity index is 0.00000289. The summed E-state index contributed by atoms with van der Waals surface area (Å²) in [6.07, 6.45) is 0.881. The van der Waals surface area contributed by atoms with Crippen LogP contribution in [0.4, 0.5) is 0 Å². The van der Waals surface area contributed by atoms with Crippen molar-refractivity contribution in [3.8, 4) is 0 Å². The van der Waals surface area contributed by atoms with Gasteiger partial charge in [-0.05, 0) is 18.9 Å². The van der Waals surface area contributed by atoms with Gasteiger partial charge in [-0.3, -0.25) is 4.79 Å². The van der Waals surface area contributed by atoms with Gasteiger partial charge in [-0.15, -0.1) is 12.4 Å². The quantitative estimate of drug-likeness (QED) is 0.864. The van der Waals surface area contributed by atoms with Crippen molar-refractivity contribution in [1.29, 1.82) is 0 Å². The zero-order valence-electron chi connectivity index (χ0n) is 11.3. The van der Waals surface area contributed by atoms with E-state index in [-0.39, 0.29) is 30.3 Å². The van der Waals surface area contributed by atoms with Gasteiger partial charge >= 0.3 is 0 Å². The molecule has 0 bridgehead atoms. The van der Waals surface area contributed by atoms with E-state index in [1.807, 2.05) is 6.92 Å². The van der Waals surface area contributed by atoms with Crippen LogP contribution >= 0.6 is 12.4 Å². The topological polar surface area (TPSA) is 55.1 Å². The van der Waals surface area contributed by atoms with Crippen LogP contribution in [0.2, 0.25) is 0 Å². The third-order valence-electron chi connectivity index (χ3n) is 3.01. The summed E-state index contributed by atoms with van der Waals surface area (Å²) >= 11 is 0. The molecule has 18 heavy (non-hydrogen) atoms. The molecule has 1 aromatic rings. The minimum absolute atomic E-state index is 0. The van der Waals surface area contributed by atoms with Crippen LogP contribution in [0.3, 0.4) is 0 Å². The fraction of sp³-hybridized carbons (Fsp3) is 0.500. The third kappa shape index (κ3) is 4.67. The van der Waals surface area contributed by atoms with Gasteiger partial charge in [0.15, 0.2) is 0 Å². The summed E-state index contributed by atoms with van der Waals surface area (Å²) in [7, 11) is 0. The highest BCUT2D eigenvalue weighted by atomic mass is 35.5. The van der Waals surface area contributed by atoms with Gasteiger partial charge in [0, 0.05) is 12.5 Å². The minimum Gasteiger partial charge on any atom is -0.349 e. The summed E-state index contributed by atoms with van der Waals surface area (Å²) in [5.74, 6) is -0.102. The second-order valence-corrected chi connectivity index (χ2v) is 4.52. The Morgan fingerprint density at radius 2 is 1.89 bits per heavy atom. The monoisotopic (exact) mass is 270 g/mol. The Labute approximate surface area is 116 Å². The Kier molecular flexibility index (Phi) is 7.64. The zero-order valence-corrected chi connectivity index (χ0v) is 12.1. The summed E-state index contributed by atoms with van der Waals surface area (Å²) in [4.78, 5) is 11.8. The van der Waals surface area contributed by atoms with Crippen molar-refractivity contribution < 1.29 is 4.79 Å². The van der Waals surface area contributed by atoms with Gasteiger partial charge in [0.25, 0.3) is 0 Å². The minimum atomic E-state index is -0.130. The smallest absolute Gasteiger partial charge is 0.224 e. The third-order valence-corrected chi connectivity index (χ3v) is 3.01. The molecule has 0 aliphatic carbocycles. The number of hydrogen-bond acceptors (Lipinski definition) is 2. The Morgan fingerprint density at radius 3 is 2.33 bits per heavy atom. The van der Waals surface area contributed by atoms with Crippen LogP contribution in [-0.2, 0) is 4.79 Å². The van der Waals surface area contributed by atoms with E-state index in [2.05, 4.69) is 43.4 Å². The summed E-state index contributed by atoms with van der Waals surface area (Å²) in [6, 6.07) is 8.35. The van der Waals surface area contributed by atoms with Crippen LogP contribution in [0.1, 0.15) is 37.4 Å². The molecule has 2 atom stereocenters. The fourth-order valence-electron chi connectivity index (χ4n) is 1.64. The Morgan fingerprint density at radius 1 is 1.33 bits per heavy atom. The molecule has 1 aromatic carbocycles. The molecular formula is C14H23ClN2O. The first-order valence-corrected chi connectivity index (χ1v) is 6.15. The van der Waals surface area contributed by atoms with Gasteiger partial charge in [0.1, 0.15) is 0 Å². The standard InChI is InChI=1S/C14H22N2O.ClH/c1-4-13(16-14(17)11(3)9-15)12-7-5-10(2)6-8-12;/h5-8,11,13H,4,9,15H2,1-3H3,(H,16,17);1H. The molecule has 1 rings (SSSR count). The van der Waals surface area contributed by atoms with Crippen molar-refractivity contribution in [2.45, 2.75) is 33.2 Å². The van der Waals surface area contributed by atoms with E-state index >= 15 is 0 Å². The predicted molar refractivity (Wildman–Crippen MR) is 77.8 cm³/mol. The summed E-state index contributed by atoms with van der Waals surface area (Å²) < 4.78 is 0. The number of nitrogens with two attached hydrogens (primary N) is 1. The number of hydrogen-bond donors (Lipinski definition) is 2. The molecule has 3 nitrogen and oxygen atoms in total. The normalized spacial score (nSPS) is 13.3. The number of aryl methyl sites for hydroxylation is 1. The maximum atomic E-state index is 11.8. The SMILES string of the molecule is CCC(NC(=O)C(C)CN)c1ccc(C)cc1.Cl. The van der Waals surface area contributed by atoms with Crippen molar-refractivity contribution in [2.24, 2.45) is 11.7 Å². The van der Waals surface area contributed by atoms with Gasteiger partial charge in [0.05, 0.1) is 6.04 Å². The van der Waals surface area contributed by atoms with Crippen molar-refractivity contribution in [2.75, 3.05) is 6.54 Å². The molecule has 0 heterocycles. The van der Waals surface area contributed by atoms with E-state index in [1.165, 1.54) is 5.56 Å². The molecule has 0 aliphatic rings. The number of rotatable bonds is 5. The molecule has 0 aromatic heterocycles. The van der Waals surface area contributed by atoms with Crippen molar-refractivity contribution >= 4 is 18.3 Å². The molecule has 0 radical (unpaired) electrons. The molecule has 0 aliphatic heterocycles. The number of halogens is 1. The van der Waals surface area contributed by atoms with Crippen LogP contribution in [0, 0.1) is 12.8 Å². The first-order valence-electron chi connectivity index (χ1n) is 6.15. The average molecular weight is 271 g/mol. The number of amides is 1. The average Bonchev–Trinajstić information content (AvgIpc) is 2.35. The number of carbonyl (C=O) groups excluding carboxylic acids is 1. The van der Waals surface area contributed by atoms with Gasteiger partial charge in [-0.2, -0.15) is 0 Å². The summed E-state index contributed by atoms with van der Waals surface area (Å²) in [5.41, 5.74) is 7.86. The van der Waals surface area contributed by atoms with Crippen LogP contribution in [0.25, 0.3) is 0 Å².